The predicted octanol–water partition coefficient (Wildman–Crippen LogP) is 20.4. The molecule has 0 fully saturated rings. The quantitative estimate of drug-likeness (QED) is 0.0261. The highest BCUT2D eigenvalue weighted by atomic mass is 16.6. The summed E-state index contributed by atoms with van der Waals surface area (Å²) in [5.41, 5.74) is 0. The third-order valence-corrected chi connectivity index (χ3v) is 13.3. The summed E-state index contributed by atoms with van der Waals surface area (Å²) in [6.45, 7) is 6.55. The number of hydrogen-bond acceptors (Lipinski definition) is 6. The second kappa shape index (κ2) is 58.7. The van der Waals surface area contributed by atoms with Crippen LogP contribution < -0.4 is 0 Å². The summed E-state index contributed by atoms with van der Waals surface area (Å²) in [5, 5.41) is 0. The highest BCUT2D eigenvalue weighted by Crippen LogP contribution is 2.17. The van der Waals surface area contributed by atoms with Crippen molar-refractivity contribution >= 4 is 17.9 Å². The molecule has 0 saturated heterocycles. The molecule has 0 N–H and O–H groups in total. The van der Waals surface area contributed by atoms with Crippen LogP contribution in [0.5, 0.6) is 0 Å². The van der Waals surface area contributed by atoms with Crippen molar-refractivity contribution in [3.63, 3.8) is 0 Å². The van der Waals surface area contributed by atoms with Crippen LogP contribution in [0.3, 0.4) is 0 Å². The Morgan fingerprint density at radius 3 is 0.871 bits per heavy atom. The number of carbonyl (C=O) groups excluding carboxylic acids is 3. The van der Waals surface area contributed by atoms with Gasteiger partial charge in [0.1, 0.15) is 13.2 Å². The molecule has 0 radical (unpaired) electrons. The minimum atomic E-state index is -0.772. The topological polar surface area (TPSA) is 78.9 Å². The zero-order valence-electron chi connectivity index (χ0n) is 46.5. The van der Waals surface area contributed by atoms with Gasteiger partial charge in [0.15, 0.2) is 6.10 Å². The SMILES string of the molecule is CC/C=C\C/C=C\C/C=C\C/C=C\C/C=C\CCCCCCCCCCCC(=O)OCC(COC(=O)CCCCCCCCCCCCC)OC(=O)CCCCCCCCCCCCCCCCCC. The van der Waals surface area contributed by atoms with E-state index in [1.165, 1.54) is 173 Å². The maximum Gasteiger partial charge on any atom is 0.306 e. The van der Waals surface area contributed by atoms with Gasteiger partial charge in [-0.3, -0.25) is 14.4 Å². The van der Waals surface area contributed by atoms with Gasteiger partial charge in [-0.25, -0.2) is 0 Å². The Kier molecular flexibility index (Phi) is 56.3. The summed E-state index contributed by atoms with van der Waals surface area (Å²) in [6, 6.07) is 0. The molecule has 6 heteroatoms. The van der Waals surface area contributed by atoms with E-state index in [0.29, 0.717) is 19.3 Å². The van der Waals surface area contributed by atoms with Gasteiger partial charge in [-0.1, -0.05) is 287 Å². The Morgan fingerprint density at radius 1 is 0.300 bits per heavy atom. The molecule has 0 aliphatic rings. The van der Waals surface area contributed by atoms with Crippen LogP contribution in [-0.2, 0) is 28.6 Å². The Hall–Kier alpha value is -2.89. The molecule has 0 rings (SSSR count). The third kappa shape index (κ3) is 56.0. The number of carbonyl (C=O) groups is 3. The summed E-state index contributed by atoms with van der Waals surface area (Å²) < 4.78 is 16.9. The van der Waals surface area contributed by atoms with Gasteiger partial charge in [-0.2, -0.15) is 0 Å². The van der Waals surface area contributed by atoms with Gasteiger partial charge < -0.3 is 14.2 Å². The van der Waals surface area contributed by atoms with Crippen LogP contribution in [0.4, 0.5) is 0 Å². The molecule has 1 atom stereocenters. The van der Waals surface area contributed by atoms with Crippen LogP contribution in [0, 0.1) is 0 Å². The number of allylic oxidation sites excluding steroid dienone is 10. The zero-order valence-corrected chi connectivity index (χ0v) is 46.5. The van der Waals surface area contributed by atoms with E-state index in [2.05, 4.69) is 81.5 Å². The minimum Gasteiger partial charge on any atom is -0.462 e. The average Bonchev–Trinajstić information content (AvgIpc) is 3.36. The summed E-state index contributed by atoms with van der Waals surface area (Å²) in [7, 11) is 0. The van der Waals surface area contributed by atoms with E-state index in [-0.39, 0.29) is 31.1 Å². The monoisotopic (exact) mass is 979 g/mol. The van der Waals surface area contributed by atoms with Gasteiger partial charge in [0.2, 0.25) is 0 Å². The molecule has 0 aromatic rings. The highest BCUT2D eigenvalue weighted by molar-refractivity contribution is 5.71. The van der Waals surface area contributed by atoms with Crippen LogP contribution in [-0.4, -0.2) is 37.2 Å². The fourth-order valence-electron chi connectivity index (χ4n) is 8.77. The Labute approximate surface area is 434 Å². The molecule has 70 heavy (non-hydrogen) atoms. The molecule has 0 bridgehead atoms. The van der Waals surface area contributed by atoms with E-state index < -0.39 is 6.10 Å². The van der Waals surface area contributed by atoms with Crippen molar-refractivity contribution in [2.45, 2.75) is 316 Å². The predicted molar refractivity (Wildman–Crippen MR) is 302 cm³/mol. The molecule has 1 unspecified atom stereocenters. The lowest BCUT2D eigenvalue weighted by atomic mass is 10.0. The number of hydrogen-bond donors (Lipinski definition) is 0. The van der Waals surface area contributed by atoms with Gasteiger partial charge in [0.05, 0.1) is 0 Å². The molecule has 0 heterocycles. The fourth-order valence-corrected chi connectivity index (χ4v) is 8.77. The molecule has 0 aliphatic heterocycles. The Balaban J connectivity index is 4.26. The van der Waals surface area contributed by atoms with Gasteiger partial charge in [-0.15, -0.1) is 0 Å². The van der Waals surface area contributed by atoms with Gasteiger partial charge in [0, 0.05) is 19.3 Å². The molecule has 0 aliphatic carbocycles. The van der Waals surface area contributed by atoms with Crippen LogP contribution in [0.15, 0.2) is 60.8 Å². The zero-order chi connectivity index (χ0) is 50.7. The third-order valence-electron chi connectivity index (χ3n) is 13.3. The van der Waals surface area contributed by atoms with Crippen molar-refractivity contribution in [2.24, 2.45) is 0 Å². The van der Waals surface area contributed by atoms with Crippen LogP contribution in [0.25, 0.3) is 0 Å². The lowest BCUT2D eigenvalue weighted by molar-refractivity contribution is -0.167. The molecule has 406 valence electrons. The maximum atomic E-state index is 12.9. The summed E-state index contributed by atoms with van der Waals surface area (Å²) in [4.78, 5) is 38.2. The van der Waals surface area contributed by atoms with Crippen molar-refractivity contribution in [1.29, 1.82) is 0 Å². The maximum absolute atomic E-state index is 12.9. The van der Waals surface area contributed by atoms with Crippen LogP contribution in [0.2, 0.25) is 0 Å². The normalized spacial score (nSPS) is 12.4. The number of unbranched alkanes of at least 4 members (excludes halogenated alkanes) is 34. The van der Waals surface area contributed by atoms with Gasteiger partial charge >= 0.3 is 17.9 Å². The van der Waals surface area contributed by atoms with Crippen LogP contribution in [0.1, 0.15) is 310 Å². The first-order valence-electron chi connectivity index (χ1n) is 30.3. The first-order valence-corrected chi connectivity index (χ1v) is 30.3. The van der Waals surface area contributed by atoms with E-state index in [9.17, 15) is 14.4 Å². The molecular weight excluding hydrogens is 865 g/mol. The second-order valence-electron chi connectivity index (χ2n) is 20.2. The lowest BCUT2D eigenvalue weighted by Crippen LogP contribution is -2.30. The average molecular weight is 980 g/mol. The molecule has 0 aromatic heterocycles. The molecule has 0 amide bonds. The molecule has 0 spiro atoms. The van der Waals surface area contributed by atoms with Crippen LogP contribution >= 0.6 is 0 Å². The number of ether oxygens (including phenoxy) is 3. The van der Waals surface area contributed by atoms with Crippen molar-refractivity contribution in [2.75, 3.05) is 13.2 Å². The Bertz CT molecular complexity index is 1260. The number of esters is 3. The van der Waals surface area contributed by atoms with Crippen molar-refractivity contribution in [3.05, 3.63) is 60.8 Å². The van der Waals surface area contributed by atoms with E-state index >= 15 is 0 Å². The molecule has 0 aromatic carbocycles. The standard InChI is InChI=1S/C64H114O6/c1-4-7-10-13-16-19-22-24-26-28-29-30-31-32-33-34-35-36-38-39-42-45-48-51-54-57-63(66)69-60-61(59-68-62(65)56-53-50-47-44-41-21-18-15-12-9-6-3)70-64(67)58-55-52-49-46-43-40-37-27-25-23-20-17-14-11-8-5-2/h7,10,16,19,24,26,29-30,32-33,61H,4-6,8-9,11-15,17-18,20-23,25,27-28,31,34-60H2,1-3H3/b10-7-,19-16-,26-24-,30-29-,33-32-. The summed E-state index contributed by atoms with van der Waals surface area (Å²) in [5.74, 6) is -0.862. The molecule has 0 saturated carbocycles. The smallest absolute Gasteiger partial charge is 0.306 e. The molecule has 6 nitrogen and oxygen atoms in total. The van der Waals surface area contributed by atoms with Crippen molar-refractivity contribution in [3.8, 4) is 0 Å². The van der Waals surface area contributed by atoms with E-state index in [0.717, 1.165) is 96.3 Å². The summed E-state index contributed by atoms with van der Waals surface area (Å²) in [6.07, 6.45) is 73.6. The minimum absolute atomic E-state index is 0.0712. The van der Waals surface area contributed by atoms with Crippen molar-refractivity contribution < 1.29 is 28.6 Å². The second-order valence-corrected chi connectivity index (χ2v) is 20.2. The van der Waals surface area contributed by atoms with Gasteiger partial charge in [-0.05, 0) is 64.2 Å². The first-order chi connectivity index (χ1) is 34.5. The van der Waals surface area contributed by atoms with Gasteiger partial charge in [0.25, 0.3) is 0 Å². The largest absolute Gasteiger partial charge is 0.462 e. The first kappa shape index (κ1) is 67.1. The molecular formula is C64H114O6. The van der Waals surface area contributed by atoms with E-state index in [1.54, 1.807) is 0 Å². The van der Waals surface area contributed by atoms with E-state index in [4.69, 9.17) is 14.2 Å². The van der Waals surface area contributed by atoms with Crippen molar-refractivity contribution in [1.82, 2.24) is 0 Å². The van der Waals surface area contributed by atoms with E-state index in [1.807, 2.05) is 0 Å². The Morgan fingerprint density at radius 2 is 0.557 bits per heavy atom. The lowest BCUT2D eigenvalue weighted by Gasteiger charge is -2.18. The highest BCUT2D eigenvalue weighted by Gasteiger charge is 2.19. The summed E-state index contributed by atoms with van der Waals surface area (Å²) >= 11 is 0. The number of rotatable bonds is 55. The fraction of sp³-hybridized carbons (Fsp3) is 0.797.